The molecule has 0 aromatic rings. The lowest BCUT2D eigenvalue weighted by molar-refractivity contribution is -0.190. The Morgan fingerprint density at radius 1 is 0.914 bits per heavy atom. The summed E-state index contributed by atoms with van der Waals surface area (Å²) in [7, 11) is -2.98. The van der Waals surface area contributed by atoms with E-state index in [-0.39, 0.29) is 29.7 Å². The van der Waals surface area contributed by atoms with Crippen LogP contribution in [-0.2, 0) is 42.2 Å². The molecule has 0 bridgehead atoms. The topological polar surface area (TPSA) is 107 Å². The van der Waals surface area contributed by atoms with Gasteiger partial charge in [0.1, 0.15) is 18.3 Å². The van der Waals surface area contributed by atoms with Crippen LogP contribution in [0, 0.1) is 5.41 Å². The zero-order chi connectivity index (χ0) is 27.0. The monoisotopic (exact) mass is 516 g/mol. The first-order valence-electron chi connectivity index (χ1n) is 12.4. The van der Waals surface area contributed by atoms with Crippen LogP contribution in [0.1, 0.15) is 82.6 Å². The van der Waals surface area contributed by atoms with Crippen molar-refractivity contribution in [1.29, 1.82) is 0 Å². The molecule has 0 amide bonds. The third kappa shape index (κ3) is 6.09. The molecule has 35 heavy (non-hydrogen) atoms. The molecule has 0 aromatic heterocycles. The van der Waals surface area contributed by atoms with E-state index in [4.69, 9.17) is 27.8 Å². The first-order valence-corrected chi connectivity index (χ1v) is 14.2. The molecule has 0 saturated carbocycles. The number of ether oxygens (including phenoxy) is 4. The molecule has 10 heteroatoms. The quantitative estimate of drug-likeness (QED) is 0.304. The van der Waals surface area contributed by atoms with Gasteiger partial charge in [-0.1, -0.05) is 41.5 Å². The van der Waals surface area contributed by atoms with Gasteiger partial charge in [0.2, 0.25) is 0 Å². The van der Waals surface area contributed by atoms with Gasteiger partial charge in [-0.05, 0) is 20.8 Å². The minimum absolute atomic E-state index is 0.124. The highest BCUT2D eigenvalue weighted by atomic mass is 28.4. The molecule has 2 rings (SSSR count). The van der Waals surface area contributed by atoms with Crippen molar-refractivity contribution in [2.24, 2.45) is 5.41 Å². The highest BCUT2D eigenvalue weighted by molar-refractivity contribution is 6.73. The minimum Gasteiger partial charge on any atom is -0.466 e. The Morgan fingerprint density at radius 2 is 1.46 bits per heavy atom. The Morgan fingerprint density at radius 3 is 1.91 bits per heavy atom. The highest BCUT2D eigenvalue weighted by Crippen LogP contribution is 2.55. The SMILES string of the molecule is CCOC(=O)C(C)(C)[C@@H]1C[C@H](OC(C)=O)[C@H](OC(C)=O)[C@H]2O[Si](C(C)(C)C)(C(C)(C)C)OC[C@H]2O1. The van der Waals surface area contributed by atoms with Crippen molar-refractivity contribution in [2.45, 2.75) is 123 Å². The Bertz CT molecular complexity index is 782. The van der Waals surface area contributed by atoms with Gasteiger partial charge in [-0.3, -0.25) is 14.4 Å². The van der Waals surface area contributed by atoms with Crippen LogP contribution in [0.5, 0.6) is 0 Å². The smallest absolute Gasteiger partial charge is 0.349 e. The zero-order valence-corrected chi connectivity index (χ0v) is 24.2. The third-order valence-electron chi connectivity index (χ3n) is 6.80. The average molecular weight is 517 g/mol. The van der Waals surface area contributed by atoms with Gasteiger partial charge in [0.15, 0.2) is 6.10 Å². The van der Waals surface area contributed by atoms with Gasteiger partial charge in [-0.2, -0.15) is 0 Å². The van der Waals surface area contributed by atoms with Gasteiger partial charge < -0.3 is 27.8 Å². The second-order valence-electron chi connectivity index (χ2n) is 12.1. The highest BCUT2D eigenvalue weighted by Gasteiger charge is 2.65. The number of hydrogen-bond acceptors (Lipinski definition) is 9. The maximum atomic E-state index is 12.8. The molecule has 0 aromatic carbocycles. The van der Waals surface area contributed by atoms with Gasteiger partial charge >= 0.3 is 26.5 Å². The molecule has 2 saturated heterocycles. The van der Waals surface area contributed by atoms with Gasteiger partial charge in [0, 0.05) is 30.3 Å². The van der Waals surface area contributed by atoms with Crippen LogP contribution in [0.15, 0.2) is 0 Å². The summed E-state index contributed by atoms with van der Waals surface area (Å²) in [6.07, 6.45) is -3.78. The van der Waals surface area contributed by atoms with E-state index in [1.54, 1.807) is 20.8 Å². The lowest BCUT2D eigenvalue weighted by atomic mass is 9.83. The first kappa shape index (κ1) is 29.7. The summed E-state index contributed by atoms with van der Waals surface area (Å²) in [6, 6.07) is 0. The normalized spacial score (nSPS) is 29.4. The Balaban J connectivity index is 2.62. The van der Waals surface area contributed by atoms with E-state index >= 15 is 0 Å². The lowest BCUT2D eigenvalue weighted by Crippen LogP contribution is -2.68. The lowest BCUT2D eigenvalue weighted by Gasteiger charge is -2.55. The molecule has 0 unspecified atom stereocenters. The van der Waals surface area contributed by atoms with Crippen LogP contribution in [-0.4, -0.2) is 70.2 Å². The molecule has 2 aliphatic rings. The van der Waals surface area contributed by atoms with Crippen LogP contribution in [0.2, 0.25) is 10.1 Å². The Labute approximate surface area is 210 Å². The van der Waals surface area contributed by atoms with Crippen molar-refractivity contribution in [2.75, 3.05) is 13.2 Å². The van der Waals surface area contributed by atoms with Gasteiger partial charge in [-0.15, -0.1) is 0 Å². The fraction of sp³-hybridized carbons (Fsp3) is 0.880. The Kier molecular flexibility index (Phi) is 8.90. The van der Waals surface area contributed by atoms with Crippen molar-refractivity contribution in [3.05, 3.63) is 0 Å². The predicted octanol–water partition coefficient (Wildman–Crippen LogP) is 4.05. The summed E-state index contributed by atoms with van der Waals surface area (Å²) in [6.45, 7) is 20.7. The number of carbonyl (C=O) groups is 3. The molecule has 0 aliphatic carbocycles. The molecule has 202 valence electrons. The van der Waals surface area contributed by atoms with Crippen LogP contribution in [0.25, 0.3) is 0 Å². The second-order valence-corrected chi connectivity index (χ2v) is 16.8. The first-order chi connectivity index (χ1) is 15.9. The summed E-state index contributed by atoms with van der Waals surface area (Å²) in [5.74, 6) is -1.48. The molecule has 2 fully saturated rings. The van der Waals surface area contributed by atoms with E-state index in [2.05, 4.69) is 41.5 Å². The molecular formula is C25H44O9Si. The van der Waals surface area contributed by atoms with E-state index < -0.39 is 62.4 Å². The summed E-state index contributed by atoms with van der Waals surface area (Å²) in [4.78, 5) is 37.1. The molecule has 5 atom stereocenters. The minimum atomic E-state index is -2.98. The van der Waals surface area contributed by atoms with E-state index in [0.717, 1.165) is 0 Å². The summed E-state index contributed by atoms with van der Waals surface area (Å²) < 4.78 is 36.7. The number of fused-ring (bicyclic) bond motifs is 1. The van der Waals surface area contributed by atoms with Gasteiger partial charge in [0.25, 0.3) is 0 Å². The van der Waals surface area contributed by atoms with E-state index in [9.17, 15) is 14.4 Å². The zero-order valence-electron chi connectivity index (χ0n) is 23.2. The van der Waals surface area contributed by atoms with Crippen molar-refractivity contribution in [1.82, 2.24) is 0 Å². The van der Waals surface area contributed by atoms with Crippen LogP contribution >= 0.6 is 0 Å². The number of carbonyl (C=O) groups excluding carboxylic acids is 3. The fourth-order valence-corrected chi connectivity index (χ4v) is 10.3. The molecule has 0 N–H and O–H groups in total. The molecule has 0 radical (unpaired) electrons. The molecule has 0 spiro atoms. The van der Waals surface area contributed by atoms with Crippen molar-refractivity contribution in [3.8, 4) is 0 Å². The largest absolute Gasteiger partial charge is 0.466 e. The number of rotatable bonds is 5. The maximum Gasteiger partial charge on any atom is 0.349 e. The van der Waals surface area contributed by atoms with Crippen LogP contribution in [0.3, 0.4) is 0 Å². The van der Waals surface area contributed by atoms with Crippen molar-refractivity contribution >= 4 is 26.5 Å². The van der Waals surface area contributed by atoms with Crippen LogP contribution in [0.4, 0.5) is 0 Å². The Hall–Kier alpha value is -1.49. The van der Waals surface area contributed by atoms with E-state index in [0.29, 0.717) is 0 Å². The van der Waals surface area contributed by atoms with Crippen LogP contribution < -0.4 is 0 Å². The summed E-state index contributed by atoms with van der Waals surface area (Å²) in [5.41, 5.74) is -1.07. The van der Waals surface area contributed by atoms with Crippen molar-refractivity contribution in [3.63, 3.8) is 0 Å². The summed E-state index contributed by atoms with van der Waals surface area (Å²) >= 11 is 0. The van der Waals surface area contributed by atoms with Gasteiger partial charge in [0.05, 0.1) is 24.7 Å². The third-order valence-corrected chi connectivity index (χ3v) is 11.9. The standard InChI is InChI=1S/C25H44O9Si/c1-12-29-22(28)25(10,11)19-13-17(31-15(2)26)20(32-16(3)27)21-18(33-19)14-30-35(34-21,23(4,5)6)24(7,8)9/h17-21H,12-14H2,1-11H3/t17-,18+,19-,20-,21-/m0/s1. The maximum absolute atomic E-state index is 12.8. The second kappa shape index (κ2) is 10.5. The number of esters is 3. The molecule has 2 aliphatic heterocycles. The fourth-order valence-electron chi connectivity index (χ4n) is 5.30. The van der Waals surface area contributed by atoms with Crippen molar-refractivity contribution < 1.29 is 42.2 Å². The molecular weight excluding hydrogens is 472 g/mol. The molecule has 2 heterocycles. The number of hydrogen-bond donors (Lipinski definition) is 0. The average Bonchev–Trinajstić information content (AvgIpc) is 2.83. The van der Waals surface area contributed by atoms with E-state index in [1.165, 1.54) is 13.8 Å². The van der Waals surface area contributed by atoms with Gasteiger partial charge in [-0.25, -0.2) is 0 Å². The molecule has 9 nitrogen and oxygen atoms in total. The summed E-state index contributed by atoms with van der Waals surface area (Å²) in [5, 5.41) is -0.659. The predicted molar refractivity (Wildman–Crippen MR) is 131 cm³/mol. The van der Waals surface area contributed by atoms with E-state index in [1.807, 2.05) is 0 Å².